The molecule has 116 valence electrons. The molecule has 0 bridgehead atoms. The Bertz CT molecular complexity index is 519. The van der Waals surface area contributed by atoms with Crippen molar-refractivity contribution in [2.24, 2.45) is 0 Å². The van der Waals surface area contributed by atoms with E-state index in [1.807, 2.05) is 6.92 Å². The highest BCUT2D eigenvalue weighted by Gasteiger charge is 2.29. The van der Waals surface area contributed by atoms with Crippen molar-refractivity contribution in [3.63, 3.8) is 0 Å². The van der Waals surface area contributed by atoms with Gasteiger partial charge in [0.05, 0.1) is 18.3 Å². The fraction of sp³-hybridized carbons (Fsp3) is 0.727. The van der Waals surface area contributed by atoms with Gasteiger partial charge in [-0.15, -0.1) is 12.4 Å². The van der Waals surface area contributed by atoms with Crippen molar-refractivity contribution in [2.75, 3.05) is 13.1 Å². The lowest BCUT2D eigenvalue weighted by Gasteiger charge is -2.28. The van der Waals surface area contributed by atoms with Crippen LogP contribution in [0.2, 0.25) is 0 Å². The van der Waals surface area contributed by atoms with Crippen molar-refractivity contribution in [3.8, 4) is 0 Å². The van der Waals surface area contributed by atoms with Crippen LogP contribution >= 0.6 is 12.4 Å². The maximum absolute atomic E-state index is 12.3. The minimum Gasteiger partial charge on any atom is -0.391 e. The lowest BCUT2D eigenvalue weighted by atomic mass is 10.1. The van der Waals surface area contributed by atoms with Gasteiger partial charge in [-0.25, -0.2) is 13.1 Å². The number of nitrogens with zero attached hydrogens (tertiary/aromatic N) is 2. The van der Waals surface area contributed by atoms with Crippen LogP contribution in [-0.2, 0) is 16.6 Å². The van der Waals surface area contributed by atoms with Crippen molar-refractivity contribution >= 4 is 22.4 Å². The summed E-state index contributed by atoms with van der Waals surface area (Å²) in [4.78, 5) is 0. The predicted molar refractivity (Wildman–Crippen MR) is 77.4 cm³/mol. The molecule has 1 aliphatic rings. The van der Waals surface area contributed by atoms with E-state index in [4.69, 9.17) is 0 Å². The lowest BCUT2D eigenvalue weighted by Crippen LogP contribution is -2.53. The first kappa shape index (κ1) is 17.4. The van der Waals surface area contributed by atoms with E-state index in [9.17, 15) is 13.5 Å². The number of piperidine rings is 1. The average Bonchev–Trinajstić information content (AvgIpc) is 2.81. The van der Waals surface area contributed by atoms with Crippen LogP contribution in [0.1, 0.15) is 19.8 Å². The molecule has 1 fully saturated rings. The molecule has 3 N–H and O–H groups in total. The SMILES string of the molecule is CCCn1nccc1S(=O)(=O)N[C@H]1CNCC[C@H]1O.Cl. The number of nitrogens with one attached hydrogen (secondary N) is 2. The molecular weight excluding hydrogens is 304 g/mol. The van der Waals surface area contributed by atoms with Crippen molar-refractivity contribution < 1.29 is 13.5 Å². The maximum atomic E-state index is 12.3. The molecule has 1 aromatic rings. The topological polar surface area (TPSA) is 96.2 Å². The van der Waals surface area contributed by atoms with Crippen molar-refractivity contribution in [3.05, 3.63) is 12.3 Å². The quantitative estimate of drug-likeness (QED) is 0.692. The Labute approximate surface area is 125 Å². The summed E-state index contributed by atoms with van der Waals surface area (Å²) >= 11 is 0. The first-order valence-corrected chi connectivity index (χ1v) is 7.96. The van der Waals surface area contributed by atoms with E-state index < -0.39 is 22.2 Å². The summed E-state index contributed by atoms with van der Waals surface area (Å²) in [6.07, 6.45) is 2.16. The zero-order chi connectivity index (χ0) is 13.9. The van der Waals surface area contributed by atoms with Gasteiger partial charge in [0.25, 0.3) is 10.0 Å². The minimum atomic E-state index is -3.65. The summed E-state index contributed by atoms with van der Waals surface area (Å²) < 4.78 is 28.6. The molecule has 2 atom stereocenters. The predicted octanol–water partition coefficient (Wildman–Crippen LogP) is -0.284. The molecule has 0 unspecified atom stereocenters. The van der Waals surface area contributed by atoms with E-state index in [0.717, 1.165) is 6.42 Å². The van der Waals surface area contributed by atoms with E-state index >= 15 is 0 Å². The first-order valence-electron chi connectivity index (χ1n) is 6.47. The second-order valence-electron chi connectivity index (χ2n) is 4.68. The van der Waals surface area contributed by atoms with Crippen LogP contribution in [0, 0.1) is 0 Å². The molecule has 20 heavy (non-hydrogen) atoms. The number of hydrogen-bond acceptors (Lipinski definition) is 5. The van der Waals surface area contributed by atoms with Crippen LogP contribution in [0.25, 0.3) is 0 Å². The molecule has 2 heterocycles. The number of aryl methyl sites for hydroxylation is 1. The fourth-order valence-corrected chi connectivity index (χ4v) is 3.57. The average molecular weight is 325 g/mol. The molecule has 2 rings (SSSR count). The van der Waals surface area contributed by atoms with Gasteiger partial charge in [-0.2, -0.15) is 5.10 Å². The van der Waals surface area contributed by atoms with Gasteiger partial charge in [-0.05, 0) is 25.5 Å². The minimum absolute atomic E-state index is 0. The summed E-state index contributed by atoms with van der Waals surface area (Å²) in [7, 11) is -3.65. The molecule has 0 spiro atoms. The molecule has 9 heteroatoms. The fourth-order valence-electron chi connectivity index (χ4n) is 2.15. The largest absolute Gasteiger partial charge is 0.391 e. The zero-order valence-electron chi connectivity index (χ0n) is 11.3. The van der Waals surface area contributed by atoms with Crippen LogP contribution in [0.15, 0.2) is 17.3 Å². The molecule has 0 amide bonds. The van der Waals surface area contributed by atoms with Gasteiger partial charge in [-0.3, -0.25) is 4.68 Å². The standard InChI is InChI=1S/C11H20N4O3S.ClH/c1-2-7-15-11(4-6-13-15)19(17,18)14-9-8-12-5-3-10(9)16;/h4,6,9-10,12,14,16H,2-3,5,7-8H2,1H3;1H/t9-,10+;/m0./s1. The van der Waals surface area contributed by atoms with Crippen molar-refractivity contribution in [1.82, 2.24) is 19.8 Å². The molecule has 7 nitrogen and oxygen atoms in total. The summed E-state index contributed by atoms with van der Waals surface area (Å²) in [6, 6.07) is 0.976. The van der Waals surface area contributed by atoms with Crippen LogP contribution in [0.5, 0.6) is 0 Å². The highest BCUT2D eigenvalue weighted by atomic mass is 35.5. The molecule has 0 aromatic carbocycles. The third kappa shape index (κ3) is 3.92. The van der Waals surface area contributed by atoms with Crippen LogP contribution in [-0.4, -0.2) is 48.5 Å². The molecule has 1 aliphatic heterocycles. The summed E-state index contributed by atoms with van der Waals surface area (Å²) in [5.41, 5.74) is 0. The Hall–Kier alpha value is -0.670. The second-order valence-corrected chi connectivity index (χ2v) is 6.34. The Kier molecular flexibility index (Phi) is 6.41. The number of aliphatic hydroxyl groups is 1. The van der Waals surface area contributed by atoms with Crippen LogP contribution in [0.3, 0.4) is 0 Å². The molecular formula is C11H21ClN4O3S. The molecule has 1 aromatic heterocycles. The number of aliphatic hydroxyl groups excluding tert-OH is 1. The third-order valence-electron chi connectivity index (χ3n) is 3.14. The van der Waals surface area contributed by atoms with Crippen molar-refractivity contribution in [2.45, 2.75) is 43.5 Å². The van der Waals surface area contributed by atoms with Gasteiger partial charge in [0.1, 0.15) is 0 Å². The number of hydrogen-bond donors (Lipinski definition) is 3. The third-order valence-corrected chi connectivity index (χ3v) is 4.65. The highest BCUT2D eigenvalue weighted by Crippen LogP contribution is 2.12. The Morgan fingerprint density at radius 3 is 3.00 bits per heavy atom. The van der Waals surface area contributed by atoms with E-state index in [-0.39, 0.29) is 17.4 Å². The van der Waals surface area contributed by atoms with Crippen molar-refractivity contribution in [1.29, 1.82) is 0 Å². The van der Waals surface area contributed by atoms with Gasteiger partial charge < -0.3 is 10.4 Å². The molecule has 1 saturated heterocycles. The number of rotatable bonds is 5. The van der Waals surface area contributed by atoms with Gasteiger partial charge in [-0.1, -0.05) is 6.92 Å². The van der Waals surface area contributed by atoms with E-state index in [2.05, 4.69) is 15.1 Å². The lowest BCUT2D eigenvalue weighted by molar-refractivity contribution is 0.109. The normalized spacial score (nSPS) is 23.3. The van der Waals surface area contributed by atoms with Crippen LogP contribution < -0.4 is 10.0 Å². The summed E-state index contributed by atoms with van der Waals surface area (Å²) in [5, 5.41) is 17.0. The summed E-state index contributed by atoms with van der Waals surface area (Å²) in [6.45, 7) is 3.64. The van der Waals surface area contributed by atoms with Crippen LogP contribution in [0.4, 0.5) is 0 Å². The molecule has 0 radical (unpaired) electrons. The van der Waals surface area contributed by atoms with Gasteiger partial charge in [0, 0.05) is 13.1 Å². The molecule has 0 saturated carbocycles. The van der Waals surface area contributed by atoms with Gasteiger partial charge in [0.2, 0.25) is 0 Å². The van der Waals surface area contributed by atoms with E-state index in [1.54, 1.807) is 0 Å². The smallest absolute Gasteiger partial charge is 0.258 e. The zero-order valence-corrected chi connectivity index (χ0v) is 13.0. The number of sulfonamides is 1. The Morgan fingerprint density at radius 2 is 2.35 bits per heavy atom. The highest BCUT2D eigenvalue weighted by molar-refractivity contribution is 7.89. The second kappa shape index (κ2) is 7.37. The van der Waals surface area contributed by atoms with Gasteiger partial charge >= 0.3 is 0 Å². The Morgan fingerprint density at radius 1 is 1.60 bits per heavy atom. The van der Waals surface area contributed by atoms with Gasteiger partial charge in [0.15, 0.2) is 5.03 Å². The van der Waals surface area contributed by atoms with E-state index in [1.165, 1.54) is 16.9 Å². The number of aromatic nitrogens is 2. The first-order chi connectivity index (χ1) is 9.04. The summed E-state index contributed by atoms with van der Waals surface area (Å²) in [5.74, 6) is 0. The number of halogens is 1. The molecule has 0 aliphatic carbocycles. The monoisotopic (exact) mass is 324 g/mol. The maximum Gasteiger partial charge on any atom is 0.258 e. The van der Waals surface area contributed by atoms with E-state index in [0.29, 0.717) is 26.1 Å². The Balaban J connectivity index is 0.00000200.